The lowest BCUT2D eigenvalue weighted by Gasteiger charge is -2.06. The molecule has 1 aromatic rings. The lowest BCUT2D eigenvalue weighted by Crippen LogP contribution is -2.05. The predicted octanol–water partition coefficient (Wildman–Crippen LogP) is 2.43. The van der Waals surface area contributed by atoms with Gasteiger partial charge in [-0.3, -0.25) is 10.1 Å². The van der Waals surface area contributed by atoms with Crippen molar-refractivity contribution in [1.29, 1.82) is 0 Å². The average molecular weight is 277 g/mol. The van der Waals surface area contributed by atoms with E-state index < -0.39 is 40.3 Å². The summed E-state index contributed by atoms with van der Waals surface area (Å²) in [7, 11) is 0. The molecule has 0 aliphatic heterocycles. The molecular weight excluding hydrogens is 271 g/mol. The molecule has 19 heavy (non-hydrogen) atoms. The lowest BCUT2D eigenvalue weighted by atomic mass is 10.1. The monoisotopic (exact) mass is 277 g/mol. The number of carboxylic acids is 1. The highest BCUT2D eigenvalue weighted by Crippen LogP contribution is 2.31. The minimum absolute atomic E-state index is 0.374. The first-order valence-electron chi connectivity index (χ1n) is 4.65. The van der Waals surface area contributed by atoms with Gasteiger partial charge in [0.25, 0.3) is 0 Å². The second-order valence-electron chi connectivity index (χ2n) is 3.15. The van der Waals surface area contributed by atoms with Crippen LogP contribution < -0.4 is 4.74 Å². The van der Waals surface area contributed by atoms with Crippen LogP contribution in [0.5, 0.6) is 5.75 Å². The summed E-state index contributed by atoms with van der Waals surface area (Å²) in [6.45, 7) is -3.33. The van der Waals surface area contributed by atoms with E-state index >= 15 is 0 Å². The minimum atomic E-state index is -3.33. The first-order valence-corrected chi connectivity index (χ1v) is 4.65. The fourth-order valence-electron chi connectivity index (χ4n) is 1.18. The number of nitrogens with zero attached hydrogens (tertiary/aromatic N) is 1. The number of carbonyl (C=O) groups is 1. The van der Waals surface area contributed by atoms with Crippen molar-refractivity contribution in [3.63, 3.8) is 0 Å². The molecule has 1 aromatic carbocycles. The SMILES string of the molecule is O=C(O)/C=C/c1cc(OC(F)F)c([N+](=O)[O-])cc1F. The predicted molar refractivity (Wildman–Crippen MR) is 56.4 cm³/mol. The normalized spacial score (nSPS) is 10.9. The number of hydrogen-bond acceptors (Lipinski definition) is 4. The Morgan fingerprint density at radius 3 is 2.58 bits per heavy atom. The van der Waals surface area contributed by atoms with E-state index in [1.54, 1.807) is 0 Å². The number of halogens is 3. The van der Waals surface area contributed by atoms with Gasteiger partial charge in [0.1, 0.15) is 5.82 Å². The third kappa shape index (κ3) is 3.98. The molecule has 0 atom stereocenters. The van der Waals surface area contributed by atoms with Crippen LogP contribution in [0.1, 0.15) is 5.56 Å². The van der Waals surface area contributed by atoms with E-state index in [1.165, 1.54) is 0 Å². The third-order valence-corrected chi connectivity index (χ3v) is 1.90. The van der Waals surface area contributed by atoms with Gasteiger partial charge in [0.2, 0.25) is 5.75 Å². The van der Waals surface area contributed by atoms with Gasteiger partial charge in [-0.2, -0.15) is 8.78 Å². The number of nitro benzene ring substituents is 1. The number of aliphatic carboxylic acids is 1. The fourth-order valence-corrected chi connectivity index (χ4v) is 1.18. The van der Waals surface area contributed by atoms with E-state index in [0.717, 1.165) is 6.08 Å². The quantitative estimate of drug-likeness (QED) is 0.507. The van der Waals surface area contributed by atoms with Crippen LogP contribution in [0.2, 0.25) is 0 Å². The van der Waals surface area contributed by atoms with Crippen LogP contribution in [0.25, 0.3) is 6.08 Å². The molecule has 9 heteroatoms. The number of nitro groups is 1. The van der Waals surface area contributed by atoms with Gasteiger partial charge in [0.15, 0.2) is 0 Å². The number of ether oxygens (including phenoxy) is 1. The standard InChI is InChI=1S/C10H6F3NO5/c11-6-4-7(14(17)18)8(19-10(12)13)3-5(6)1-2-9(15)16/h1-4,10H,(H,15,16)/b2-1+. The molecule has 0 bridgehead atoms. The van der Waals surface area contributed by atoms with E-state index in [-0.39, 0.29) is 0 Å². The van der Waals surface area contributed by atoms with Crippen molar-refractivity contribution in [2.75, 3.05) is 0 Å². The summed E-state index contributed by atoms with van der Waals surface area (Å²) in [6.07, 6.45) is 1.32. The Balaban J connectivity index is 3.29. The number of hydrogen-bond donors (Lipinski definition) is 1. The smallest absolute Gasteiger partial charge is 0.387 e. The Bertz CT molecular complexity index is 544. The van der Waals surface area contributed by atoms with Gasteiger partial charge in [-0.15, -0.1) is 0 Å². The Morgan fingerprint density at radius 2 is 2.11 bits per heavy atom. The van der Waals surface area contributed by atoms with E-state index in [4.69, 9.17) is 5.11 Å². The molecule has 1 N–H and O–H groups in total. The zero-order valence-corrected chi connectivity index (χ0v) is 9.05. The van der Waals surface area contributed by atoms with E-state index in [2.05, 4.69) is 4.74 Å². The molecule has 0 fully saturated rings. The Hall–Kier alpha value is -2.58. The summed E-state index contributed by atoms with van der Waals surface area (Å²) in [4.78, 5) is 19.7. The van der Waals surface area contributed by atoms with Crippen molar-refractivity contribution in [1.82, 2.24) is 0 Å². The number of benzene rings is 1. The molecule has 6 nitrogen and oxygen atoms in total. The second kappa shape index (κ2) is 5.85. The van der Waals surface area contributed by atoms with E-state index in [1.807, 2.05) is 0 Å². The molecule has 0 saturated heterocycles. The molecule has 0 amide bonds. The molecule has 0 aromatic heterocycles. The summed E-state index contributed by atoms with van der Waals surface area (Å²) >= 11 is 0. The Kier molecular flexibility index (Phi) is 4.46. The molecular formula is C10H6F3NO5. The molecule has 0 aliphatic carbocycles. The highest BCUT2D eigenvalue weighted by Gasteiger charge is 2.21. The molecule has 0 saturated carbocycles. The van der Waals surface area contributed by atoms with Crippen molar-refractivity contribution in [2.45, 2.75) is 6.61 Å². The van der Waals surface area contributed by atoms with Crippen molar-refractivity contribution >= 4 is 17.7 Å². The van der Waals surface area contributed by atoms with Crippen LogP contribution in [-0.2, 0) is 4.79 Å². The molecule has 0 spiro atoms. The topological polar surface area (TPSA) is 89.7 Å². The van der Waals surface area contributed by atoms with Gasteiger partial charge in [-0.1, -0.05) is 0 Å². The van der Waals surface area contributed by atoms with Gasteiger partial charge >= 0.3 is 18.3 Å². The van der Waals surface area contributed by atoms with Crippen molar-refractivity contribution < 1.29 is 32.7 Å². The van der Waals surface area contributed by atoms with Crippen LogP contribution in [0, 0.1) is 15.9 Å². The molecule has 0 heterocycles. The first-order chi connectivity index (χ1) is 8.81. The number of carboxylic acid groups (broad SMARTS) is 1. The van der Waals surface area contributed by atoms with Crippen LogP contribution >= 0.6 is 0 Å². The first kappa shape index (κ1) is 14.5. The lowest BCUT2D eigenvalue weighted by molar-refractivity contribution is -0.386. The summed E-state index contributed by atoms with van der Waals surface area (Å²) in [5, 5.41) is 18.9. The fraction of sp³-hybridized carbons (Fsp3) is 0.100. The van der Waals surface area contributed by atoms with Gasteiger partial charge in [-0.25, -0.2) is 9.18 Å². The van der Waals surface area contributed by atoms with Crippen LogP contribution in [-0.4, -0.2) is 22.6 Å². The zero-order chi connectivity index (χ0) is 14.6. The maximum Gasteiger partial charge on any atom is 0.387 e. The molecule has 0 unspecified atom stereocenters. The molecule has 102 valence electrons. The van der Waals surface area contributed by atoms with Crippen LogP contribution in [0.4, 0.5) is 18.9 Å². The van der Waals surface area contributed by atoms with E-state index in [9.17, 15) is 28.1 Å². The Labute approximate surface area is 103 Å². The van der Waals surface area contributed by atoms with Gasteiger partial charge in [0, 0.05) is 11.6 Å². The average Bonchev–Trinajstić information content (AvgIpc) is 2.28. The number of rotatable bonds is 5. The molecule has 0 radical (unpaired) electrons. The summed E-state index contributed by atoms with van der Waals surface area (Å²) in [5.41, 5.74) is -1.41. The van der Waals surface area contributed by atoms with Gasteiger partial charge < -0.3 is 9.84 Å². The second-order valence-corrected chi connectivity index (χ2v) is 3.15. The summed E-state index contributed by atoms with van der Waals surface area (Å²) in [6, 6.07) is 0.998. The zero-order valence-electron chi connectivity index (χ0n) is 9.05. The largest absolute Gasteiger partial charge is 0.478 e. The highest BCUT2D eigenvalue weighted by molar-refractivity contribution is 5.85. The highest BCUT2D eigenvalue weighted by atomic mass is 19.3. The van der Waals surface area contributed by atoms with Crippen molar-refractivity contribution in [3.8, 4) is 5.75 Å². The maximum atomic E-state index is 13.4. The van der Waals surface area contributed by atoms with Crippen molar-refractivity contribution in [2.24, 2.45) is 0 Å². The van der Waals surface area contributed by atoms with Gasteiger partial charge in [-0.05, 0) is 12.1 Å². The molecule has 1 rings (SSSR count). The van der Waals surface area contributed by atoms with E-state index in [0.29, 0.717) is 18.2 Å². The van der Waals surface area contributed by atoms with Crippen LogP contribution in [0.3, 0.4) is 0 Å². The summed E-state index contributed by atoms with van der Waals surface area (Å²) in [5.74, 6) is -3.38. The minimum Gasteiger partial charge on any atom is -0.478 e. The number of alkyl halides is 2. The van der Waals surface area contributed by atoms with Crippen LogP contribution in [0.15, 0.2) is 18.2 Å². The maximum absolute atomic E-state index is 13.4. The Morgan fingerprint density at radius 1 is 1.47 bits per heavy atom. The van der Waals surface area contributed by atoms with Gasteiger partial charge in [0.05, 0.1) is 11.0 Å². The third-order valence-electron chi connectivity index (χ3n) is 1.90. The van der Waals surface area contributed by atoms with Crippen molar-refractivity contribution in [3.05, 3.63) is 39.7 Å². The molecule has 0 aliphatic rings. The summed E-state index contributed by atoms with van der Waals surface area (Å²) < 4.78 is 41.4.